The van der Waals surface area contributed by atoms with Gasteiger partial charge in [-0.05, 0) is 6.92 Å². The van der Waals surface area contributed by atoms with Crippen LogP contribution in [0.15, 0.2) is 10.9 Å². The van der Waals surface area contributed by atoms with Gasteiger partial charge in [-0.2, -0.15) is 5.10 Å². The van der Waals surface area contributed by atoms with Crippen molar-refractivity contribution >= 4 is 17.6 Å². The van der Waals surface area contributed by atoms with Gasteiger partial charge in [-0.3, -0.25) is 4.79 Å². The van der Waals surface area contributed by atoms with Crippen LogP contribution in [0.4, 0.5) is 0 Å². The quantitative estimate of drug-likeness (QED) is 0.718. The smallest absolute Gasteiger partial charge is 0.344 e. The molecule has 0 aliphatic carbocycles. The van der Waals surface area contributed by atoms with Crippen LogP contribution in [0.1, 0.15) is 6.92 Å². The molecule has 1 aromatic heterocycles. The van der Waals surface area contributed by atoms with E-state index in [0.717, 1.165) is 10.7 Å². The molecule has 0 radical (unpaired) electrons. The van der Waals surface area contributed by atoms with Gasteiger partial charge in [0.15, 0.2) is 17.5 Å². The van der Waals surface area contributed by atoms with Crippen LogP contribution < -0.4 is 10.3 Å². The van der Waals surface area contributed by atoms with Gasteiger partial charge in [0, 0.05) is 7.05 Å². The molecule has 0 N–H and O–H groups in total. The lowest BCUT2D eigenvalue weighted by Gasteiger charge is -2.07. The molecule has 0 aromatic carbocycles. The summed E-state index contributed by atoms with van der Waals surface area (Å²) >= 11 is 5.71. The first-order chi connectivity index (χ1) is 7.54. The maximum absolute atomic E-state index is 11.2. The Balaban J connectivity index is 2.71. The van der Waals surface area contributed by atoms with Crippen molar-refractivity contribution in [2.75, 3.05) is 13.2 Å². The van der Waals surface area contributed by atoms with E-state index in [0.29, 0.717) is 0 Å². The normalized spacial score (nSPS) is 9.94. The lowest BCUT2D eigenvalue weighted by atomic mass is 10.5. The summed E-state index contributed by atoms with van der Waals surface area (Å²) in [5.74, 6) is -0.461. The van der Waals surface area contributed by atoms with Crippen LogP contribution in [-0.4, -0.2) is 29.0 Å². The standard InChI is InChI=1S/C9H11ClN2O4/c1-3-15-8(14)5-16-6-4-7(13)12(2)11-9(6)10/h4H,3,5H2,1-2H3. The molecule has 0 saturated carbocycles. The molecule has 0 aliphatic heterocycles. The highest BCUT2D eigenvalue weighted by Crippen LogP contribution is 2.18. The molecular formula is C9H11ClN2O4. The SMILES string of the molecule is CCOC(=O)COc1cc(=O)n(C)nc1Cl. The van der Waals surface area contributed by atoms with E-state index in [1.807, 2.05) is 0 Å². The molecule has 0 aliphatic rings. The average molecular weight is 247 g/mol. The van der Waals surface area contributed by atoms with Gasteiger partial charge in [0.2, 0.25) is 0 Å². The second kappa shape index (κ2) is 5.50. The van der Waals surface area contributed by atoms with Gasteiger partial charge in [0.05, 0.1) is 12.7 Å². The van der Waals surface area contributed by atoms with Gasteiger partial charge in [-0.1, -0.05) is 11.6 Å². The zero-order chi connectivity index (χ0) is 12.1. The molecule has 0 bridgehead atoms. The van der Waals surface area contributed by atoms with Crippen LogP contribution in [0.5, 0.6) is 5.75 Å². The first-order valence-electron chi connectivity index (χ1n) is 4.57. The molecule has 0 atom stereocenters. The number of ether oxygens (including phenoxy) is 2. The highest BCUT2D eigenvalue weighted by molar-refractivity contribution is 6.30. The van der Waals surface area contributed by atoms with Crippen molar-refractivity contribution < 1.29 is 14.3 Å². The Morgan fingerprint density at radius 3 is 2.94 bits per heavy atom. The molecule has 0 spiro atoms. The Kier molecular flexibility index (Phi) is 4.30. The van der Waals surface area contributed by atoms with E-state index in [1.165, 1.54) is 7.05 Å². The zero-order valence-corrected chi connectivity index (χ0v) is 9.65. The number of aromatic nitrogens is 2. The maximum atomic E-state index is 11.2. The summed E-state index contributed by atoms with van der Waals surface area (Å²) in [6.45, 7) is 1.65. The van der Waals surface area contributed by atoms with Gasteiger partial charge in [0.1, 0.15) is 0 Å². The fraction of sp³-hybridized carbons (Fsp3) is 0.444. The van der Waals surface area contributed by atoms with Gasteiger partial charge >= 0.3 is 5.97 Å². The second-order valence-electron chi connectivity index (χ2n) is 2.85. The number of carbonyl (C=O) groups excluding carboxylic acids is 1. The Bertz CT molecular complexity index is 444. The second-order valence-corrected chi connectivity index (χ2v) is 3.21. The minimum Gasteiger partial charge on any atom is -0.478 e. The lowest BCUT2D eigenvalue weighted by Crippen LogP contribution is -2.21. The topological polar surface area (TPSA) is 70.4 Å². The first-order valence-corrected chi connectivity index (χ1v) is 4.94. The Labute approximate surface area is 96.7 Å². The predicted molar refractivity (Wildman–Crippen MR) is 56.6 cm³/mol. The summed E-state index contributed by atoms with van der Waals surface area (Å²) in [5, 5.41) is 3.71. The number of esters is 1. The largest absolute Gasteiger partial charge is 0.478 e. The third-order valence-electron chi connectivity index (χ3n) is 1.67. The Hall–Kier alpha value is -1.56. The van der Waals surface area contributed by atoms with Crippen LogP contribution >= 0.6 is 11.6 Å². The molecular weight excluding hydrogens is 236 g/mol. The number of halogens is 1. The Morgan fingerprint density at radius 2 is 2.31 bits per heavy atom. The van der Waals surface area contributed by atoms with E-state index in [4.69, 9.17) is 16.3 Å². The van der Waals surface area contributed by atoms with Crippen LogP contribution in [0.3, 0.4) is 0 Å². The van der Waals surface area contributed by atoms with Crippen LogP contribution in [0.2, 0.25) is 5.15 Å². The number of rotatable bonds is 4. The van der Waals surface area contributed by atoms with E-state index < -0.39 is 5.97 Å². The van der Waals surface area contributed by atoms with Gasteiger partial charge in [0.25, 0.3) is 5.56 Å². The van der Waals surface area contributed by atoms with Crippen LogP contribution in [0, 0.1) is 0 Å². The van der Waals surface area contributed by atoms with Crippen molar-refractivity contribution in [2.45, 2.75) is 6.92 Å². The third-order valence-corrected chi connectivity index (χ3v) is 1.93. The third kappa shape index (κ3) is 3.23. The molecule has 0 fully saturated rings. The van der Waals surface area contributed by atoms with Gasteiger partial charge < -0.3 is 9.47 Å². The number of hydrogen-bond acceptors (Lipinski definition) is 5. The fourth-order valence-corrected chi connectivity index (χ4v) is 1.16. The molecule has 1 aromatic rings. The summed E-state index contributed by atoms with van der Waals surface area (Å²) < 4.78 is 10.7. The molecule has 0 amide bonds. The van der Waals surface area contributed by atoms with Crippen molar-refractivity contribution in [3.8, 4) is 5.75 Å². The molecule has 7 heteroatoms. The fourth-order valence-electron chi connectivity index (χ4n) is 0.936. The van der Waals surface area contributed by atoms with E-state index in [2.05, 4.69) is 9.84 Å². The summed E-state index contributed by atoms with van der Waals surface area (Å²) in [6, 6.07) is 1.16. The summed E-state index contributed by atoms with van der Waals surface area (Å²) in [4.78, 5) is 22.2. The van der Waals surface area contributed by atoms with Crippen molar-refractivity contribution in [2.24, 2.45) is 7.05 Å². The molecule has 1 heterocycles. The van der Waals surface area contributed by atoms with Gasteiger partial charge in [-0.25, -0.2) is 9.48 Å². The molecule has 88 valence electrons. The molecule has 16 heavy (non-hydrogen) atoms. The van der Waals surface area contributed by atoms with Crippen LogP contribution in [0.25, 0.3) is 0 Å². The Morgan fingerprint density at radius 1 is 1.62 bits per heavy atom. The van der Waals surface area contributed by atoms with E-state index in [1.54, 1.807) is 6.92 Å². The number of carbonyl (C=O) groups is 1. The first kappa shape index (κ1) is 12.5. The number of nitrogens with zero attached hydrogens (tertiary/aromatic N) is 2. The van der Waals surface area contributed by atoms with Crippen LogP contribution in [-0.2, 0) is 16.6 Å². The minimum atomic E-state index is -0.528. The molecule has 0 saturated heterocycles. The lowest BCUT2D eigenvalue weighted by molar-refractivity contribution is -0.145. The zero-order valence-electron chi connectivity index (χ0n) is 8.90. The maximum Gasteiger partial charge on any atom is 0.344 e. The summed E-state index contributed by atoms with van der Waals surface area (Å²) in [7, 11) is 1.46. The monoisotopic (exact) mass is 246 g/mol. The highest BCUT2D eigenvalue weighted by atomic mass is 35.5. The van der Waals surface area contributed by atoms with E-state index in [-0.39, 0.29) is 29.7 Å². The summed E-state index contributed by atoms with van der Waals surface area (Å²) in [6.07, 6.45) is 0. The van der Waals surface area contributed by atoms with Gasteiger partial charge in [-0.15, -0.1) is 0 Å². The van der Waals surface area contributed by atoms with E-state index >= 15 is 0 Å². The minimum absolute atomic E-state index is 0.0198. The van der Waals surface area contributed by atoms with Crippen molar-refractivity contribution in [3.63, 3.8) is 0 Å². The van der Waals surface area contributed by atoms with E-state index in [9.17, 15) is 9.59 Å². The molecule has 1 rings (SSSR count). The highest BCUT2D eigenvalue weighted by Gasteiger charge is 2.09. The molecule has 0 unspecified atom stereocenters. The number of hydrogen-bond donors (Lipinski definition) is 0. The summed E-state index contributed by atoms with van der Waals surface area (Å²) in [5.41, 5.74) is -0.372. The predicted octanol–water partition coefficient (Wildman–Crippen LogP) is 0.376. The number of aryl methyl sites for hydroxylation is 1. The van der Waals surface area contributed by atoms with Crippen molar-refractivity contribution in [1.29, 1.82) is 0 Å². The van der Waals surface area contributed by atoms with Crippen molar-refractivity contribution in [1.82, 2.24) is 9.78 Å². The molecule has 6 nitrogen and oxygen atoms in total. The average Bonchev–Trinajstić information content (AvgIpc) is 2.22. The van der Waals surface area contributed by atoms with Crippen molar-refractivity contribution in [3.05, 3.63) is 21.6 Å².